The molecular weight excluding hydrogens is 436 g/mol. The van der Waals surface area contributed by atoms with E-state index in [0.29, 0.717) is 29.5 Å². The monoisotopic (exact) mass is 449 g/mol. The molecule has 0 saturated carbocycles. The lowest BCUT2D eigenvalue weighted by Gasteiger charge is -2.13. The summed E-state index contributed by atoms with van der Waals surface area (Å²) < 4.78 is 24.6. The SMILES string of the molecule is COCCOc1ccc(F)cc1NC(=O)c1cc(Cl)ccc1I. The van der Waals surface area contributed by atoms with Gasteiger partial charge < -0.3 is 14.8 Å². The number of halogens is 3. The molecule has 0 unspecified atom stereocenters. The van der Waals surface area contributed by atoms with Crippen LogP contribution < -0.4 is 10.1 Å². The summed E-state index contributed by atoms with van der Waals surface area (Å²) >= 11 is 7.96. The van der Waals surface area contributed by atoms with Gasteiger partial charge >= 0.3 is 0 Å². The average molecular weight is 450 g/mol. The predicted molar refractivity (Wildman–Crippen MR) is 95.9 cm³/mol. The van der Waals surface area contributed by atoms with Gasteiger partial charge in [-0.15, -0.1) is 0 Å². The quantitative estimate of drug-likeness (QED) is 0.527. The Kier molecular flexibility index (Phi) is 6.61. The van der Waals surface area contributed by atoms with Crippen LogP contribution in [0.2, 0.25) is 5.02 Å². The van der Waals surface area contributed by atoms with Crippen molar-refractivity contribution in [3.63, 3.8) is 0 Å². The van der Waals surface area contributed by atoms with Gasteiger partial charge in [-0.25, -0.2) is 4.39 Å². The van der Waals surface area contributed by atoms with E-state index in [4.69, 9.17) is 21.1 Å². The summed E-state index contributed by atoms with van der Waals surface area (Å²) in [6, 6.07) is 8.92. The summed E-state index contributed by atoms with van der Waals surface area (Å²) in [6.07, 6.45) is 0. The van der Waals surface area contributed by atoms with Gasteiger partial charge in [0.15, 0.2) is 0 Å². The molecule has 0 saturated heterocycles. The van der Waals surface area contributed by atoms with Crippen LogP contribution in [0.25, 0.3) is 0 Å². The number of nitrogens with one attached hydrogen (secondary N) is 1. The number of carbonyl (C=O) groups excluding carboxylic acids is 1. The fraction of sp³-hybridized carbons (Fsp3) is 0.188. The first-order valence-electron chi connectivity index (χ1n) is 6.69. The van der Waals surface area contributed by atoms with E-state index in [0.717, 1.165) is 3.57 Å². The molecule has 0 heterocycles. The van der Waals surface area contributed by atoms with Crippen LogP contribution in [0.15, 0.2) is 36.4 Å². The molecule has 0 aliphatic heterocycles. The van der Waals surface area contributed by atoms with E-state index in [9.17, 15) is 9.18 Å². The number of hydrogen-bond acceptors (Lipinski definition) is 3. The molecule has 0 atom stereocenters. The van der Waals surface area contributed by atoms with Gasteiger partial charge in [0.1, 0.15) is 18.2 Å². The third-order valence-corrected chi connectivity index (χ3v) is 4.08. The predicted octanol–water partition coefficient (Wildman–Crippen LogP) is 4.36. The van der Waals surface area contributed by atoms with Crippen molar-refractivity contribution in [3.05, 3.63) is 56.4 Å². The molecule has 0 aliphatic rings. The van der Waals surface area contributed by atoms with Gasteiger partial charge in [-0.05, 0) is 52.9 Å². The number of methoxy groups -OCH3 is 1. The fourth-order valence-corrected chi connectivity index (χ4v) is 2.57. The molecule has 122 valence electrons. The molecule has 0 aliphatic carbocycles. The van der Waals surface area contributed by atoms with E-state index in [1.807, 2.05) is 22.6 Å². The Hall–Kier alpha value is -1.38. The minimum atomic E-state index is -0.472. The molecule has 2 rings (SSSR count). The number of rotatable bonds is 6. The first kappa shape index (κ1) is 18.0. The maximum absolute atomic E-state index is 13.5. The topological polar surface area (TPSA) is 47.6 Å². The van der Waals surface area contributed by atoms with E-state index >= 15 is 0 Å². The van der Waals surface area contributed by atoms with Gasteiger partial charge in [-0.2, -0.15) is 0 Å². The minimum absolute atomic E-state index is 0.252. The first-order chi connectivity index (χ1) is 11.0. The largest absolute Gasteiger partial charge is 0.489 e. The van der Waals surface area contributed by atoms with Crippen molar-refractivity contribution in [1.29, 1.82) is 0 Å². The van der Waals surface area contributed by atoms with Gasteiger partial charge in [0.2, 0.25) is 0 Å². The summed E-state index contributed by atoms with van der Waals surface area (Å²) in [5, 5.41) is 3.10. The van der Waals surface area contributed by atoms with Gasteiger partial charge in [-0.3, -0.25) is 4.79 Å². The van der Waals surface area contributed by atoms with E-state index in [1.165, 1.54) is 18.2 Å². The minimum Gasteiger partial charge on any atom is -0.489 e. The standard InChI is InChI=1S/C16H14ClFINO3/c1-22-6-7-23-15-5-3-11(18)9-14(15)20-16(21)12-8-10(17)2-4-13(12)19/h2-5,8-9H,6-7H2,1H3,(H,20,21). The second-order valence-electron chi connectivity index (χ2n) is 4.56. The molecule has 0 aromatic heterocycles. The Morgan fingerprint density at radius 3 is 2.78 bits per heavy atom. The Bertz CT molecular complexity index is 712. The molecule has 0 spiro atoms. The maximum atomic E-state index is 13.5. The molecule has 0 fully saturated rings. The molecule has 23 heavy (non-hydrogen) atoms. The van der Waals surface area contributed by atoms with Gasteiger partial charge in [0.05, 0.1) is 17.9 Å². The molecule has 1 amide bonds. The van der Waals surface area contributed by atoms with Crippen molar-refractivity contribution < 1.29 is 18.7 Å². The third kappa shape index (κ3) is 5.05. The number of ether oxygens (including phenoxy) is 2. The first-order valence-corrected chi connectivity index (χ1v) is 8.14. The van der Waals surface area contributed by atoms with Crippen LogP contribution >= 0.6 is 34.2 Å². The molecule has 1 N–H and O–H groups in total. The smallest absolute Gasteiger partial charge is 0.256 e. The van der Waals surface area contributed by atoms with Crippen molar-refractivity contribution in [2.75, 3.05) is 25.6 Å². The number of hydrogen-bond donors (Lipinski definition) is 1. The molecule has 7 heteroatoms. The van der Waals surface area contributed by atoms with E-state index in [1.54, 1.807) is 25.3 Å². The zero-order valence-corrected chi connectivity index (χ0v) is 15.2. The van der Waals surface area contributed by atoms with Crippen LogP contribution in [-0.2, 0) is 4.74 Å². The Morgan fingerprint density at radius 2 is 2.04 bits per heavy atom. The molecular formula is C16H14ClFINO3. The second-order valence-corrected chi connectivity index (χ2v) is 6.16. The summed E-state index contributed by atoms with van der Waals surface area (Å²) in [6.45, 7) is 0.677. The zero-order valence-electron chi connectivity index (χ0n) is 12.2. The summed E-state index contributed by atoms with van der Waals surface area (Å²) in [5.74, 6) is -0.492. The lowest BCUT2D eigenvalue weighted by atomic mass is 10.2. The van der Waals surface area contributed by atoms with Crippen LogP contribution in [0.4, 0.5) is 10.1 Å². The molecule has 2 aromatic rings. The maximum Gasteiger partial charge on any atom is 0.256 e. The van der Waals surface area contributed by atoms with Gasteiger partial charge in [0, 0.05) is 21.8 Å². The number of anilines is 1. The van der Waals surface area contributed by atoms with Crippen LogP contribution in [0, 0.1) is 9.39 Å². The van der Waals surface area contributed by atoms with E-state index < -0.39 is 5.82 Å². The second kappa shape index (κ2) is 8.47. The Morgan fingerprint density at radius 1 is 1.26 bits per heavy atom. The fourth-order valence-electron chi connectivity index (χ4n) is 1.82. The summed E-state index contributed by atoms with van der Waals surface area (Å²) in [5.41, 5.74) is 0.659. The Balaban J connectivity index is 2.22. The van der Waals surface area contributed by atoms with Crippen LogP contribution in [0.3, 0.4) is 0 Å². The van der Waals surface area contributed by atoms with Crippen molar-refractivity contribution >= 4 is 45.8 Å². The highest BCUT2D eigenvalue weighted by molar-refractivity contribution is 14.1. The zero-order chi connectivity index (χ0) is 16.8. The lowest BCUT2D eigenvalue weighted by Crippen LogP contribution is -2.15. The van der Waals surface area contributed by atoms with Crippen molar-refractivity contribution in [2.24, 2.45) is 0 Å². The molecule has 0 bridgehead atoms. The number of carbonyl (C=O) groups is 1. The summed E-state index contributed by atoms with van der Waals surface area (Å²) in [4.78, 5) is 12.4. The molecule has 4 nitrogen and oxygen atoms in total. The van der Waals surface area contributed by atoms with Gasteiger partial charge in [0.25, 0.3) is 5.91 Å². The van der Waals surface area contributed by atoms with Crippen LogP contribution in [0.1, 0.15) is 10.4 Å². The van der Waals surface area contributed by atoms with Crippen LogP contribution in [-0.4, -0.2) is 26.2 Å². The Labute approximate surface area is 152 Å². The third-order valence-electron chi connectivity index (χ3n) is 2.91. The van der Waals surface area contributed by atoms with Crippen molar-refractivity contribution in [2.45, 2.75) is 0 Å². The normalized spacial score (nSPS) is 10.4. The van der Waals surface area contributed by atoms with Crippen LogP contribution in [0.5, 0.6) is 5.75 Å². The number of benzene rings is 2. The highest BCUT2D eigenvalue weighted by Crippen LogP contribution is 2.27. The highest BCUT2D eigenvalue weighted by atomic mass is 127. The highest BCUT2D eigenvalue weighted by Gasteiger charge is 2.14. The van der Waals surface area contributed by atoms with Crippen molar-refractivity contribution in [1.82, 2.24) is 0 Å². The average Bonchev–Trinajstić information content (AvgIpc) is 2.52. The van der Waals surface area contributed by atoms with E-state index in [2.05, 4.69) is 5.32 Å². The number of amides is 1. The molecule has 2 aromatic carbocycles. The van der Waals surface area contributed by atoms with Gasteiger partial charge in [-0.1, -0.05) is 11.6 Å². The van der Waals surface area contributed by atoms with Crippen molar-refractivity contribution in [3.8, 4) is 5.75 Å². The lowest BCUT2D eigenvalue weighted by molar-refractivity contribution is 0.102. The molecule has 0 radical (unpaired) electrons. The van der Waals surface area contributed by atoms with E-state index in [-0.39, 0.29) is 11.6 Å². The summed E-state index contributed by atoms with van der Waals surface area (Å²) in [7, 11) is 1.55.